The summed E-state index contributed by atoms with van der Waals surface area (Å²) in [4.78, 5) is 13.3. The van der Waals surface area contributed by atoms with Gasteiger partial charge in [-0.1, -0.05) is 58.8 Å². The van der Waals surface area contributed by atoms with Crippen molar-refractivity contribution in [2.45, 2.75) is 13.5 Å². The van der Waals surface area contributed by atoms with Crippen LogP contribution in [0, 0.1) is 6.92 Å². The van der Waals surface area contributed by atoms with E-state index in [-0.39, 0.29) is 10.9 Å². The lowest BCUT2D eigenvalue weighted by Gasteiger charge is -2.09. The van der Waals surface area contributed by atoms with Gasteiger partial charge in [-0.15, -0.1) is 10.2 Å². The van der Waals surface area contributed by atoms with Gasteiger partial charge in [-0.2, -0.15) is 9.61 Å². The third-order valence-corrected chi connectivity index (χ3v) is 6.99. The van der Waals surface area contributed by atoms with Crippen molar-refractivity contribution in [2.75, 3.05) is 0 Å². The lowest BCUT2D eigenvalue weighted by molar-refractivity contribution is 0.0950. The number of furan rings is 1. The molecule has 3 heterocycles. The number of thiocarbonyl (C=S) groups is 1. The maximum absolute atomic E-state index is 12.5. The molecule has 5 rings (SSSR count). The van der Waals surface area contributed by atoms with Gasteiger partial charge in [0.25, 0.3) is 5.91 Å². The third kappa shape index (κ3) is 5.06. The molecule has 3 aromatic heterocycles. The average Bonchev–Trinajstić information content (AvgIpc) is 3.58. The van der Waals surface area contributed by atoms with Crippen molar-refractivity contribution >= 4 is 62.7 Å². The molecule has 0 atom stereocenters. The quantitative estimate of drug-likeness (QED) is 0.281. The number of halogens is 2. The Hall–Kier alpha value is -3.31. The molecule has 35 heavy (non-hydrogen) atoms. The fraction of sp³-hybridized carbons (Fsp3) is 0.0870. The molecule has 0 bridgehead atoms. The van der Waals surface area contributed by atoms with Crippen LogP contribution in [0.5, 0.6) is 0 Å². The monoisotopic (exact) mass is 542 g/mol. The number of aromatic nitrogens is 4. The fourth-order valence-electron chi connectivity index (χ4n) is 3.25. The largest absolute Gasteiger partial charge is 0.451 e. The zero-order valence-electron chi connectivity index (χ0n) is 18.1. The topological polar surface area (TPSA) is 97.3 Å². The number of nitrogens with one attached hydrogen (secondary N) is 2. The van der Waals surface area contributed by atoms with Crippen LogP contribution in [0.15, 0.2) is 59.0 Å². The summed E-state index contributed by atoms with van der Waals surface area (Å²) in [6, 6.07) is 16.3. The van der Waals surface area contributed by atoms with Crippen LogP contribution in [0.4, 0.5) is 0 Å². The average molecular weight is 543 g/mol. The summed E-state index contributed by atoms with van der Waals surface area (Å²) in [5, 5.41) is 20.2. The zero-order valence-corrected chi connectivity index (χ0v) is 21.2. The number of carbonyl (C=O) groups excluding carboxylic acids is 1. The van der Waals surface area contributed by atoms with Crippen LogP contribution in [0.1, 0.15) is 21.9 Å². The van der Waals surface area contributed by atoms with Gasteiger partial charge in [0, 0.05) is 17.7 Å². The SMILES string of the molecule is Cc1nnc2sc(-c3ccc(CNC(=S)NC(=O)c4ccc(-c5ccc(Cl)c(Cl)c5)o4)cc3)nn12. The maximum atomic E-state index is 12.5. The summed E-state index contributed by atoms with van der Waals surface area (Å²) in [6.07, 6.45) is 0. The van der Waals surface area contributed by atoms with Crippen LogP contribution >= 0.6 is 46.8 Å². The minimum atomic E-state index is -0.456. The highest BCUT2D eigenvalue weighted by Gasteiger charge is 2.15. The van der Waals surface area contributed by atoms with E-state index in [1.165, 1.54) is 11.3 Å². The smallest absolute Gasteiger partial charge is 0.293 e. The van der Waals surface area contributed by atoms with Gasteiger partial charge in [0.2, 0.25) is 4.96 Å². The van der Waals surface area contributed by atoms with Crippen molar-refractivity contribution in [1.82, 2.24) is 30.4 Å². The van der Waals surface area contributed by atoms with Crippen LogP contribution in [-0.2, 0) is 6.54 Å². The fourth-order valence-corrected chi connectivity index (χ4v) is 4.61. The highest BCUT2D eigenvalue weighted by molar-refractivity contribution is 7.80. The zero-order chi connectivity index (χ0) is 24.5. The van der Waals surface area contributed by atoms with E-state index in [1.807, 2.05) is 31.2 Å². The molecule has 0 spiro atoms. The van der Waals surface area contributed by atoms with Crippen LogP contribution in [-0.4, -0.2) is 30.8 Å². The molecule has 2 N–H and O–H groups in total. The minimum Gasteiger partial charge on any atom is -0.451 e. The van der Waals surface area contributed by atoms with Crippen LogP contribution < -0.4 is 10.6 Å². The maximum Gasteiger partial charge on any atom is 0.293 e. The lowest BCUT2D eigenvalue weighted by Crippen LogP contribution is -2.38. The second-order valence-electron chi connectivity index (χ2n) is 7.48. The number of hydrogen-bond acceptors (Lipinski definition) is 7. The summed E-state index contributed by atoms with van der Waals surface area (Å²) >= 11 is 18.7. The molecule has 0 aliphatic rings. The van der Waals surface area contributed by atoms with E-state index in [1.54, 1.807) is 34.8 Å². The van der Waals surface area contributed by atoms with Gasteiger partial charge >= 0.3 is 0 Å². The molecule has 0 fully saturated rings. The van der Waals surface area contributed by atoms with Gasteiger partial charge in [0.15, 0.2) is 16.7 Å². The first-order valence-corrected chi connectivity index (χ1v) is 12.3. The van der Waals surface area contributed by atoms with Gasteiger partial charge < -0.3 is 9.73 Å². The summed E-state index contributed by atoms with van der Waals surface area (Å²) in [6.45, 7) is 2.30. The molecule has 12 heteroatoms. The number of amides is 1. The molecule has 0 unspecified atom stereocenters. The number of carbonyl (C=O) groups is 1. The van der Waals surface area contributed by atoms with E-state index in [4.69, 9.17) is 39.8 Å². The Labute approximate surface area is 218 Å². The number of fused-ring (bicyclic) bond motifs is 1. The Morgan fingerprint density at radius 3 is 2.57 bits per heavy atom. The number of hydrogen-bond donors (Lipinski definition) is 2. The van der Waals surface area contributed by atoms with E-state index in [0.717, 1.165) is 26.9 Å². The molecule has 0 aliphatic heterocycles. The van der Waals surface area contributed by atoms with Gasteiger partial charge in [0.05, 0.1) is 10.0 Å². The van der Waals surface area contributed by atoms with Gasteiger partial charge in [-0.3, -0.25) is 10.1 Å². The van der Waals surface area contributed by atoms with E-state index >= 15 is 0 Å². The Kier molecular flexibility index (Phi) is 6.52. The van der Waals surface area contributed by atoms with Crippen molar-refractivity contribution < 1.29 is 9.21 Å². The van der Waals surface area contributed by atoms with Gasteiger partial charge in [-0.25, -0.2) is 0 Å². The van der Waals surface area contributed by atoms with Crippen molar-refractivity contribution in [1.29, 1.82) is 0 Å². The molecule has 0 aliphatic carbocycles. The number of benzene rings is 2. The summed E-state index contributed by atoms with van der Waals surface area (Å²) < 4.78 is 7.38. The normalized spacial score (nSPS) is 11.1. The van der Waals surface area contributed by atoms with E-state index in [0.29, 0.717) is 27.9 Å². The molecule has 5 aromatic rings. The van der Waals surface area contributed by atoms with Gasteiger partial charge in [-0.05, 0) is 55.0 Å². The first kappa shape index (κ1) is 23.4. The van der Waals surface area contributed by atoms with Crippen molar-refractivity contribution in [3.63, 3.8) is 0 Å². The standard InChI is InChI=1S/C23H16Cl2N6O2S2/c1-12-28-29-23-31(12)30-21(35-23)14-4-2-13(3-5-14)11-26-22(34)27-20(32)19-9-8-18(33-19)15-6-7-16(24)17(25)10-15/h2-10H,11H2,1H3,(H2,26,27,32,34). The molecular weight excluding hydrogens is 527 g/mol. The second-order valence-corrected chi connectivity index (χ2v) is 9.65. The summed E-state index contributed by atoms with van der Waals surface area (Å²) in [5.74, 6) is 0.911. The lowest BCUT2D eigenvalue weighted by atomic mass is 10.1. The van der Waals surface area contributed by atoms with Crippen LogP contribution in [0.3, 0.4) is 0 Å². The molecule has 0 saturated carbocycles. The number of aryl methyl sites for hydroxylation is 1. The van der Waals surface area contributed by atoms with Crippen molar-refractivity contribution in [3.8, 4) is 21.9 Å². The second kappa shape index (κ2) is 9.74. The Balaban J connectivity index is 1.16. The van der Waals surface area contributed by atoms with Crippen LogP contribution in [0.25, 0.3) is 26.9 Å². The van der Waals surface area contributed by atoms with E-state index < -0.39 is 5.91 Å². The Bertz CT molecular complexity index is 1560. The van der Waals surface area contributed by atoms with Crippen LogP contribution in [0.2, 0.25) is 10.0 Å². The highest BCUT2D eigenvalue weighted by atomic mass is 35.5. The van der Waals surface area contributed by atoms with Crippen molar-refractivity contribution in [2.24, 2.45) is 0 Å². The molecule has 2 aromatic carbocycles. The molecule has 176 valence electrons. The Morgan fingerprint density at radius 1 is 1.06 bits per heavy atom. The van der Waals surface area contributed by atoms with Gasteiger partial charge in [0.1, 0.15) is 10.8 Å². The predicted octanol–water partition coefficient (Wildman–Crippen LogP) is 5.53. The first-order valence-electron chi connectivity index (χ1n) is 10.3. The number of nitrogens with zero attached hydrogens (tertiary/aromatic N) is 4. The first-order chi connectivity index (χ1) is 16.9. The number of rotatable bonds is 5. The summed E-state index contributed by atoms with van der Waals surface area (Å²) in [5.41, 5.74) is 2.68. The molecular formula is C23H16Cl2N6O2S2. The molecule has 0 radical (unpaired) electrons. The third-order valence-electron chi connectivity index (χ3n) is 5.06. The highest BCUT2D eigenvalue weighted by Crippen LogP contribution is 2.29. The van der Waals surface area contributed by atoms with E-state index in [9.17, 15) is 4.79 Å². The Morgan fingerprint density at radius 2 is 1.83 bits per heavy atom. The van der Waals surface area contributed by atoms with E-state index in [2.05, 4.69) is 25.9 Å². The minimum absolute atomic E-state index is 0.125. The molecule has 1 amide bonds. The summed E-state index contributed by atoms with van der Waals surface area (Å²) in [7, 11) is 0. The predicted molar refractivity (Wildman–Crippen MR) is 140 cm³/mol. The van der Waals surface area contributed by atoms with Crippen molar-refractivity contribution in [3.05, 3.63) is 81.8 Å². The molecule has 8 nitrogen and oxygen atoms in total. The molecule has 0 saturated heterocycles.